The van der Waals surface area contributed by atoms with E-state index in [-0.39, 0.29) is 24.5 Å². The Hall–Kier alpha value is -2.42. The van der Waals surface area contributed by atoms with Crippen molar-refractivity contribution in [3.63, 3.8) is 0 Å². The standard InChI is InChI=1S/C15H18F2N4O3/c16-12-5-10(21-8-11(7-19-9-18)24-15(21)22)6-13(17)14(12)20-1-3-23-4-2-20/h5-6,9,11H,1-4,7-8H2,(H2,18,19). The highest BCUT2D eigenvalue weighted by Gasteiger charge is 2.33. The van der Waals surface area contributed by atoms with Gasteiger partial charge in [-0.1, -0.05) is 0 Å². The van der Waals surface area contributed by atoms with Gasteiger partial charge in [0.05, 0.1) is 38.3 Å². The first-order chi connectivity index (χ1) is 11.6. The lowest BCUT2D eigenvalue weighted by Gasteiger charge is -2.29. The fraction of sp³-hybridized carbons (Fsp3) is 0.467. The van der Waals surface area contributed by atoms with Crippen LogP contribution in [-0.4, -0.2) is 57.9 Å². The summed E-state index contributed by atoms with van der Waals surface area (Å²) >= 11 is 0. The summed E-state index contributed by atoms with van der Waals surface area (Å²) in [4.78, 5) is 18.5. The van der Waals surface area contributed by atoms with Gasteiger partial charge in [-0.3, -0.25) is 9.89 Å². The molecule has 7 nitrogen and oxygen atoms in total. The van der Waals surface area contributed by atoms with Crippen molar-refractivity contribution >= 4 is 23.8 Å². The maximum absolute atomic E-state index is 14.4. The van der Waals surface area contributed by atoms with E-state index in [4.69, 9.17) is 15.2 Å². The Kier molecular flexibility index (Phi) is 4.79. The highest BCUT2D eigenvalue weighted by atomic mass is 19.1. The molecule has 1 aromatic carbocycles. The zero-order chi connectivity index (χ0) is 17.1. The van der Waals surface area contributed by atoms with E-state index in [9.17, 15) is 13.6 Å². The number of rotatable bonds is 4. The lowest BCUT2D eigenvalue weighted by atomic mass is 10.2. The fourth-order valence-electron chi connectivity index (χ4n) is 2.80. The topological polar surface area (TPSA) is 80.4 Å². The van der Waals surface area contributed by atoms with Crippen LogP contribution in [0.3, 0.4) is 0 Å². The molecule has 1 unspecified atom stereocenters. The van der Waals surface area contributed by atoms with Gasteiger partial charge in [-0.05, 0) is 0 Å². The van der Waals surface area contributed by atoms with E-state index in [0.717, 1.165) is 18.5 Å². The molecule has 2 heterocycles. The summed E-state index contributed by atoms with van der Waals surface area (Å²) in [7, 11) is 0. The second-order valence-electron chi connectivity index (χ2n) is 5.49. The molecule has 130 valence electrons. The number of carbonyl (C=O) groups is 1. The third-order valence-corrected chi connectivity index (χ3v) is 3.93. The molecule has 0 saturated carbocycles. The largest absolute Gasteiger partial charge is 0.442 e. The van der Waals surface area contributed by atoms with Crippen molar-refractivity contribution in [2.24, 2.45) is 10.7 Å². The van der Waals surface area contributed by atoms with Crippen molar-refractivity contribution in [3.05, 3.63) is 23.8 Å². The number of benzene rings is 1. The average Bonchev–Trinajstić information content (AvgIpc) is 2.94. The van der Waals surface area contributed by atoms with Crippen LogP contribution in [0, 0.1) is 11.6 Å². The van der Waals surface area contributed by atoms with E-state index >= 15 is 0 Å². The first-order valence-electron chi connectivity index (χ1n) is 7.60. The summed E-state index contributed by atoms with van der Waals surface area (Å²) in [6.45, 7) is 2.03. The highest BCUT2D eigenvalue weighted by Crippen LogP contribution is 2.31. The molecule has 9 heteroatoms. The molecule has 0 radical (unpaired) electrons. The second kappa shape index (κ2) is 7.00. The summed E-state index contributed by atoms with van der Waals surface area (Å²) in [6, 6.07) is 2.29. The zero-order valence-corrected chi connectivity index (χ0v) is 13.0. The number of amides is 1. The number of anilines is 2. The van der Waals surface area contributed by atoms with Crippen molar-refractivity contribution in [2.45, 2.75) is 6.10 Å². The van der Waals surface area contributed by atoms with Crippen LogP contribution in [0.1, 0.15) is 0 Å². The second-order valence-corrected chi connectivity index (χ2v) is 5.49. The van der Waals surface area contributed by atoms with E-state index in [1.165, 1.54) is 4.90 Å². The highest BCUT2D eigenvalue weighted by molar-refractivity contribution is 5.90. The molecule has 0 bridgehead atoms. The molecular formula is C15H18F2N4O3. The molecule has 1 atom stereocenters. The van der Waals surface area contributed by atoms with E-state index in [0.29, 0.717) is 26.3 Å². The maximum atomic E-state index is 14.4. The Balaban J connectivity index is 1.81. The molecule has 0 spiro atoms. The van der Waals surface area contributed by atoms with Gasteiger partial charge in [0.15, 0.2) is 11.6 Å². The summed E-state index contributed by atoms with van der Waals surface area (Å²) in [5.74, 6) is -1.44. The smallest absolute Gasteiger partial charge is 0.414 e. The van der Waals surface area contributed by atoms with Crippen molar-refractivity contribution in [1.82, 2.24) is 0 Å². The third kappa shape index (κ3) is 3.25. The van der Waals surface area contributed by atoms with Crippen molar-refractivity contribution < 1.29 is 23.0 Å². The maximum Gasteiger partial charge on any atom is 0.414 e. The lowest BCUT2D eigenvalue weighted by molar-refractivity contribution is 0.122. The molecular weight excluding hydrogens is 322 g/mol. The number of morpholine rings is 1. The van der Waals surface area contributed by atoms with Crippen LogP contribution >= 0.6 is 0 Å². The van der Waals surface area contributed by atoms with E-state index < -0.39 is 23.8 Å². The van der Waals surface area contributed by atoms with Gasteiger partial charge >= 0.3 is 6.09 Å². The Bertz CT molecular complexity index is 627. The Morgan fingerprint density at radius 3 is 2.58 bits per heavy atom. The van der Waals surface area contributed by atoms with Gasteiger partial charge < -0.3 is 20.1 Å². The number of nitrogens with zero attached hydrogens (tertiary/aromatic N) is 3. The minimum atomic E-state index is -0.719. The van der Waals surface area contributed by atoms with Gasteiger partial charge in [-0.25, -0.2) is 13.6 Å². The Labute approximate surface area is 137 Å². The van der Waals surface area contributed by atoms with Gasteiger partial charge in [0, 0.05) is 25.2 Å². The van der Waals surface area contributed by atoms with Crippen LogP contribution in [-0.2, 0) is 9.47 Å². The number of ether oxygens (including phenoxy) is 2. The van der Waals surface area contributed by atoms with Gasteiger partial charge in [0.25, 0.3) is 0 Å². The SMILES string of the molecule is NC=NCC1CN(c2cc(F)c(N3CCOCC3)c(F)c2)C(=O)O1. The van der Waals surface area contributed by atoms with E-state index in [1.807, 2.05) is 0 Å². The van der Waals surface area contributed by atoms with Crippen LogP contribution in [0.5, 0.6) is 0 Å². The fourth-order valence-corrected chi connectivity index (χ4v) is 2.80. The van der Waals surface area contributed by atoms with E-state index in [2.05, 4.69) is 4.99 Å². The van der Waals surface area contributed by atoms with Crippen LogP contribution in [0.25, 0.3) is 0 Å². The normalized spacial score (nSPS) is 21.6. The van der Waals surface area contributed by atoms with Crippen molar-refractivity contribution in [1.29, 1.82) is 0 Å². The average molecular weight is 340 g/mol. The molecule has 2 fully saturated rings. The summed E-state index contributed by atoms with van der Waals surface area (Å²) in [5.41, 5.74) is 5.17. The molecule has 2 N–H and O–H groups in total. The summed E-state index contributed by atoms with van der Waals surface area (Å²) in [6.07, 6.45) is -0.0417. The monoisotopic (exact) mass is 340 g/mol. The van der Waals surface area contributed by atoms with Gasteiger partial charge in [0.2, 0.25) is 0 Å². The molecule has 1 amide bonds. The molecule has 3 rings (SSSR count). The first-order valence-corrected chi connectivity index (χ1v) is 7.60. The Morgan fingerprint density at radius 2 is 1.96 bits per heavy atom. The van der Waals surface area contributed by atoms with Gasteiger partial charge in [-0.15, -0.1) is 0 Å². The first kappa shape index (κ1) is 16.4. The molecule has 0 aromatic heterocycles. The van der Waals surface area contributed by atoms with Crippen LogP contribution in [0.4, 0.5) is 25.0 Å². The van der Waals surface area contributed by atoms with Crippen LogP contribution in [0.15, 0.2) is 17.1 Å². The summed E-state index contributed by atoms with van der Waals surface area (Å²) in [5, 5.41) is 0. The van der Waals surface area contributed by atoms with E-state index in [1.54, 1.807) is 4.90 Å². The summed E-state index contributed by atoms with van der Waals surface area (Å²) < 4.78 is 39.2. The molecule has 2 aliphatic heterocycles. The predicted molar refractivity (Wildman–Crippen MR) is 84.6 cm³/mol. The molecule has 0 aliphatic carbocycles. The lowest BCUT2D eigenvalue weighted by Crippen LogP contribution is -2.37. The Morgan fingerprint density at radius 1 is 1.29 bits per heavy atom. The molecule has 1 aromatic rings. The number of hydrogen-bond donors (Lipinski definition) is 1. The third-order valence-electron chi connectivity index (χ3n) is 3.93. The number of carbonyl (C=O) groups excluding carboxylic acids is 1. The minimum Gasteiger partial charge on any atom is -0.442 e. The van der Waals surface area contributed by atoms with Gasteiger partial charge in [-0.2, -0.15) is 0 Å². The number of hydrogen-bond acceptors (Lipinski definition) is 5. The quantitative estimate of drug-likeness (QED) is 0.656. The van der Waals surface area contributed by atoms with Crippen LogP contribution in [0.2, 0.25) is 0 Å². The van der Waals surface area contributed by atoms with Crippen molar-refractivity contribution in [3.8, 4) is 0 Å². The predicted octanol–water partition coefficient (Wildman–Crippen LogP) is 1.11. The molecule has 2 saturated heterocycles. The van der Waals surface area contributed by atoms with Crippen molar-refractivity contribution in [2.75, 3.05) is 49.2 Å². The van der Waals surface area contributed by atoms with Gasteiger partial charge in [0.1, 0.15) is 11.8 Å². The number of nitrogens with two attached hydrogens (primary N) is 1. The molecule has 24 heavy (non-hydrogen) atoms. The van der Waals surface area contributed by atoms with Crippen LogP contribution < -0.4 is 15.5 Å². The minimum absolute atomic E-state index is 0.0982. The number of halogens is 2. The zero-order valence-electron chi connectivity index (χ0n) is 13.0. The molecule has 2 aliphatic rings. The number of cyclic esters (lactones) is 1. The number of aliphatic imine (C=N–C) groups is 1.